The molecule has 0 N–H and O–H groups in total. The lowest BCUT2D eigenvalue weighted by molar-refractivity contribution is 1.49. The minimum Gasteiger partial charge on any atom is -0.273 e. The number of hydrogen-bond acceptors (Lipinski definition) is 3. The van der Waals surface area contributed by atoms with E-state index in [-0.39, 0.29) is 0 Å². The van der Waals surface area contributed by atoms with Gasteiger partial charge in [0.1, 0.15) is 0 Å². The number of thiol groups is 1. The molecule has 0 bridgehead atoms. The van der Waals surface area contributed by atoms with Crippen molar-refractivity contribution in [3.8, 4) is 0 Å². The average Bonchev–Trinajstić information content (AvgIpc) is 2.25. The zero-order chi connectivity index (χ0) is 11.7. The Morgan fingerprint density at radius 2 is 2.20 bits per heavy atom. The normalized spacial score (nSPS) is 13.3. The van der Waals surface area contributed by atoms with Gasteiger partial charge in [0.25, 0.3) is 0 Å². The monoisotopic (exact) mass is 239 g/mol. The number of thioether (sulfide) groups is 1. The fourth-order valence-corrected chi connectivity index (χ4v) is 1.87. The first-order valence-corrected chi connectivity index (χ1v) is 6.03. The Labute approximate surface area is 102 Å². The van der Waals surface area contributed by atoms with Crippen LogP contribution in [0, 0.1) is 0 Å². The number of rotatable bonds is 6. The zero-order valence-corrected chi connectivity index (χ0v) is 10.9. The molecule has 0 saturated heterocycles. The first-order chi connectivity index (χ1) is 7.15. The minimum absolute atomic E-state index is 0.748. The van der Waals surface area contributed by atoms with Gasteiger partial charge in [0.05, 0.1) is 0 Å². The molecule has 0 aliphatic rings. The van der Waals surface area contributed by atoms with Crippen LogP contribution < -0.4 is 0 Å². The molecule has 0 aromatic carbocycles. The molecular weight excluding hydrogens is 222 g/mol. The van der Waals surface area contributed by atoms with Gasteiger partial charge in [-0.15, -0.1) is 0 Å². The molecule has 0 amide bonds. The molecule has 0 radical (unpaired) electrons. The SMILES string of the molecule is C=N/C=C\C=C(/C)C(=C)S/C(=C\C)CS. The summed E-state index contributed by atoms with van der Waals surface area (Å²) in [6.07, 6.45) is 7.52. The lowest BCUT2D eigenvalue weighted by atomic mass is 10.3. The van der Waals surface area contributed by atoms with Crippen molar-refractivity contribution >= 4 is 31.1 Å². The minimum atomic E-state index is 0.748. The van der Waals surface area contributed by atoms with Crippen LogP contribution in [0.3, 0.4) is 0 Å². The van der Waals surface area contributed by atoms with Crippen LogP contribution in [-0.2, 0) is 0 Å². The Kier molecular flexibility index (Phi) is 8.24. The molecule has 15 heavy (non-hydrogen) atoms. The fourth-order valence-electron chi connectivity index (χ4n) is 0.762. The van der Waals surface area contributed by atoms with E-state index in [4.69, 9.17) is 0 Å². The summed E-state index contributed by atoms with van der Waals surface area (Å²) in [6, 6.07) is 0. The highest BCUT2D eigenvalue weighted by Crippen LogP contribution is 2.29. The Morgan fingerprint density at radius 3 is 2.67 bits per heavy atom. The third-order valence-corrected chi connectivity index (χ3v) is 3.47. The van der Waals surface area contributed by atoms with Crippen molar-refractivity contribution in [1.29, 1.82) is 0 Å². The molecule has 0 aromatic heterocycles. The third kappa shape index (κ3) is 6.42. The van der Waals surface area contributed by atoms with Crippen LogP contribution in [0.5, 0.6) is 0 Å². The number of aliphatic imine (C=N–C) groups is 1. The molecule has 0 heterocycles. The van der Waals surface area contributed by atoms with Crippen LogP contribution in [0.4, 0.5) is 0 Å². The van der Waals surface area contributed by atoms with Crippen LogP contribution in [0.2, 0.25) is 0 Å². The Morgan fingerprint density at radius 1 is 1.53 bits per heavy atom. The molecule has 0 rings (SSSR count). The quantitative estimate of drug-likeness (QED) is 0.416. The number of allylic oxidation sites excluding steroid dienone is 4. The maximum Gasteiger partial charge on any atom is 0.0260 e. The molecule has 0 saturated carbocycles. The van der Waals surface area contributed by atoms with Crippen molar-refractivity contribution in [3.05, 3.63) is 46.4 Å². The van der Waals surface area contributed by atoms with Crippen molar-refractivity contribution < 1.29 is 0 Å². The van der Waals surface area contributed by atoms with E-state index < -0.39 is 0 Å². The maximum absolute atomic E-state index is 4.24. The first kappa shape index (κ1) is 14.3. The second-order valence-electron chi connectivity index (χ2n) is 2.81. The van der Waals surface area contributed by atoms with E-state index in [0.29, 0.717) is 0 Å². The Hall–Kier alpha value is -0.670. The van der Waals surface area contributed by atoms with Crippen molar-refractivity contribution in [2.24, 2.45) is 4.99 Å². The predicted octanol–water partition coefficient (Wildman–Crippen LogP) is 4.23. The zero-order valence-electron chi connectivity index (χ0n) is 9.23. The smallest absolute Gasteiger partial charge is 0.0260 e. The van der Waals surface area contributed by atoms with Crippen molar-refractivity contribution in [1.82, 2.24) is 0 Å². The standard InChI is InChI=1S/C12H17NS2/c1-5-12(9-14)15-11(3)10(2)7-6-8-13-4/h5-8,14H,3-4,9H2,1-2H3/b8-6-,10-7+,12-5-. The molecular formula is C12H17NS2. The predicted molar refractivity (Wildman–Crippen MR) is 76.8 cm³/mol. The van der Waals surface area contributed by atoms with Gasteiger partial charge in [-0.25, -0.2) is 0 Å². The van der Waals surface area contributed by atoms with Crippen molar-refractivity contribution in [3.63, 3.8) is 0 Å². The van der Waals surface area contributed by atoms with Gasteiger partial charge in [-0.1, -0.05) is 30.5 Å². The summed E-state index contributed by atoms with van der Waals surface area (Å²) >= 11 is 5.89. The molecule has 0 atom stereocenters. The van der Waals surface area contributed by atoms with Gasteiger partial charge in [-0.3, -0.25) is 4.99 Å². The molecule has 0 aromatic rings. The van der Waals surface area contributed by atoms with Crippen molar-refractivity contribution in [2.75, 3.05) is 5.75 Å². The van der Waals surface area contributed by atoms with E-state index in [1.54, 1.807) is 18.0 Å². The summed E-state index contributed by atoms with van der Waals surface area (Å²) < 4.78 is 0. The number of nitrogens with zero attached hydrogens (tertiary/aromatic N) is 1. The molecule has 0 aliphatic carbocycles. The molecule has 0 aliphatic heterocycles. The maximum atomic E-state index is 4.24. The van der Waals surface area contributed by atoms with E-state index in [2.05, 4.69) is 37.0 Å². The highest BCUT2D eigenvalue weighted by Gasteiger charge is 2.00. The molecule has 0 fully saturated rings. The van der Waals surface area contributed by atoms with Crippen LogP contribution in [-0.4, -0.2) is 12.5 Å². The molecule has 82 valence electrons. The van der Waals surface area contributed by atoms with Crippen molar-refractivity contribution in [2.45, 2.75) is 13.8 Å². The van der Waals surface area contributed by atoms with Gasteiger partial charge < -0.3 is 0 Å². The Bertz CT molecular complexity index is 312. The van der Waals surface area contributed by atoms with Gasteiger partial charge in [0.2, 0.25) is 0 Å². The summed E-state index contributed by atoms with van der Waals surface area (Å²) in [5, 5.41) is 0. The third-order valence-electron chi connectivity index (χ3n) is 1.71. The summed E-state index contributed by atoms with van der Waals surface area (Å²) in [5.74, 6) is 0.748. The molecule has 1 nitrogen and oxygen atoms in total. The summed E-state index contributed by atoms with van der Waals surface area (Å²) in [4.78, 5) is 5.87. The fraction of sp³-hybridized carbons (Fsp3) is 0.250. The van der Waals surface area contributed by atoms with Crippen LogP contribution in [0.15, 0.2) is 51.4 Å². The summed E-state index contributed by atoms with van der Waals surface area (Å²) in [7, 11) is 0. The highest BCUT2D eigenvalue weighted by atomic mass is 32.2. The topological polar surface area (TPSA) is 12.4 Å². The number of hydrogen-bond donors (Lipinski definition) is 1. The summed E-state index contributed by atoms with van der Waals surface area (Å²) in [6.45, 7) is 11.4. The lowest BCUT2D eigenvalue weighted by Gasteiger charge is -2.06. The largest absolute Gasteiger partial charge is 0.273 e. The summed E-state index contributed by atoms with van der Waals surface area (Å²) in [5.41, 5.74) is 1.13. The Balaban J connectivity index is 4.39. The van der Waals surface area contributed by atoms with E-state index in [0.717, 1.165) is 16.2 Å². The molecule has 0 spiro atoms. The first-order valence-electron chi connectivity index (χ1n) is 4.58. The van der Waals surface area contributed by atoms with E-state index in [1.807, 2.05) is 26.0 Å². The molecule has 0 unspecified atom stereocenters. The second kappa shape index (κ2) is 8.62. The van der Waals surface area contributed by atoms with Gasteiger partial charge in [0, 0.05) is 16.9 Å². The highest BCUT2D eigenvalue weighted by molar-refractivity contribution is 8.07. The van der Waals surface area contributed by atoms with Gasteiger partial charge in [0.15, 0.2) is 0 Å². The van der Waals surface area contributed by atoms with Gasteiger partial charge >= 0.3 is 0 Å². The van der Waals surface area contributed by atoms with Crippen LogP contribution in [0.25, 0.3) is 0 Å². The average molecular weight is 239 g/mol. The second-order valence-corrected chi connectivity index (χ2v) is 4.35. The van der Waals surface area contributed by atoms with E-state index in [9.17, 15) is 0 Å². The van der Waals surface area contributed by atoms with E-state index in [1.165, 1.54) is 4.91 Å². The van der Waals surface area contributed by atoms with Crippen LogP contribution >= 0.6 is 24.4 Å². The van der Waals surface area contributed by atoms with Gasteiger partial charge in [-0.05, 0) is 37.1 Å². The van der Waals surface area contributed by atoms with E-state index >= 15 is 0 Å². The molecule has 3 heteroatoms. The van der Waals surface area contributed by atoms with Crippen LogP contribution in [0.1, 0.15) is 13.8 Å². The van der Waals surface area contributed by atoms with Gasteiger partial charge in [-0.2, -0.15) is 12.6 Å². The lowest BCUT2D eigenvalue weighted by Crippen LogP contribution is -1.82.